The molecule has 0 radical (unpaired) electrons. The lowest BCUT2D eigenvalue weighted by molar-refractivity contribution is -0.138. The van der Waals surface area contributed by atoms with Gasteiger partial charge in [0.25, 0.3) is 0 Å². The van der Waals surface area contributed by atoms with Crippen LogP contribution in [0.25, 0.3) is 11.1 Å². The zero-order valence-corrected chi connectivity index (χ0v) is 11.5. The molecule has 0 aliphatic rings. The molecule has 1 N–H and O–H groups in total. The van der Waals surface area contributed by atoms with Crippen molar-refractivity contribution >= 4 is 5.97 Å². The van der Waals surface area contributed by atoms with Crippen LogP contribution < -0.4 is 0 Å². The number of carboxylic acids is 1. The molecule has 0 saturated heterocycles. The summed E-state index contributed by atoms with van der Waals surface area (Å²) in [5, 5.41) is 9.07. The molecule has 0 bridgehead atoms. The second-order valence-electron chi connectivity index (χ2n) is 4.84. The quantitative estimate of drug-likeness (QED) is 0.834. The molecule has 1 atom stereocenters. The Kier molecular flexibility index (Phi) is 4.21. The van der Waals surface area contributed by atoms with E-state index in [4.69, 9.17) is 5.11 Å². The van der Waals surface area contributed by atoms with Crippen LogP contribution in [0.2, 0.25) is 0 Å². The minimum atomic E-state index is -4.71. The van der Waals surface area contributed by atoms with Gasteiger partial charge in [0.2, 0.25) is 0 Å². The van der Waals surface area contributed by atoms with Gasteiger partial charge in [-0.05, 0) is 30.2 Å². The molecule has 0 amide bonds. The molecule has 0 heterocycles. The Morgan fingerprint density at radius 3 is 2.23 bits per heavy atom. The fraction of sp³-hybridized carbons (Fsp3) is 0.188. The van der Waals surface area contributed by atoms with E-state index in [-0.39, 0.29) is 11.1 Å². The summed E-state index contributed by atoms with van der Waals surface area (Å²) in [5.41, 5.74) is -1.14. The van der Waals surface area contributed by atoms with Gasteiger partial charge in [-0.3, -0.25) is 4.79 Å². The minimum Gasteiger partial charge on any atom is -0.481 e. The van der Waals surface area contributed by atoms with Gasteiger partial charge in [0.05, 0.1) is 11.5 Å². The van der Waals surface area contributed by atoms with Gasteiger partial charge < -0.3 is 5.11 Å². The predicted octanol–water partition coefficient (Wildman–Crippen LogP) is 4.70. The third kappa shape index (κ3) is 3.10. The Morgan fingerprint density at radius 1 is 1.14 bits per heavy atom. The van der Waals surface area contributed by atoms with Crippen LogP contribution in [0.5, 0.6) is 0 Å². The van der Waals surface area contributed by atoms with Gasteiger partial charge >= 0.3 is 12.1 Å². The van der Waals surface area contributed by atoms with Crippen molar-refractivity contribution in [2.45, 2.75) is 19.0 Å². The first-order valence-electron chi connectivity index (χ1n) is 6.40. The molecule has 0 spiro atoms. The summed E-state index contributed by atoms with van der Waals surface area (Å²) in [7, 11) is 0. The van der Waals surface area contributed by atoms with Crippen LogP contribution in [0, 0.1) is 5.82 Å². The Balaban J connectivity index is 2.75. The van der Waals surface area contributed by atoms with Crippen molar-refractivity contribution in [2.24, 2.45) is 0 Å². The maximum atomic E-state index is 14.2. The molecule has 0 aromatic heterocycles. The van der Waals surface area contributed by atoms with E-state index in [0.29, 0.717) is 11.6 Å². The second kappa shape index (κ2) is 5.79. The van der Waals surface area contributed by atoms with Crippen molar-refractivity contribution in [1.29, 1.82) is 0 Å². The highest BCUT2D eigenvalue weighted by Crippen LogP contribution is 2.38. The first-order chi connectivity index (χ1) is 10.2. The third-order valence-electron chi connectivity index (χ3n) is 3.35. The van der Waals surface area contributed by atoms with Gasteiger partial charge in [0, 0.05) is 5.56 Å². The lowest BCUT2D eigenvalue weighted by atomic mass is 9.89. The number of alkyl halides is 3. The van der Waals surface area contributed by atoms with E-state index in [0.717, 1.165) is 6.07 Å². The third-order valence-corrected chi connectivity index (χ3v) is 3.35. The zero-order chi connectivity index (χ0) is 16.5. The minimum absolute atomic E-state index is 0.0668. The Morgan fingerprint density at radius 2 is 1.73 bits per heavy atom. The highest BCUT2D eigenvalue weighted by Gasteiger charge is 2.34. The summed E-state index contributed by atoms with van der Waals surface area (Å²) in [4.78, 5) is 11.1. The average Bonchev–Trinajstić information content (AvgIpc) is 2.45. The summed E-state index contributed by atoms with van der Waals surface area (Å²) in [6.07, 6.45) is -4.71. The van der Waals surface area contributed by atoms with E-state index in [1.165, 1.54) is 19.1 Å². The van der Waals surface area contributed by atoms with E-state index in [1.54, 1.807) is 18.2 Å². The lowest BCUT2D eigenvalue weighted by Crippen LogP contribution is -2.13. The van der Waals surface area contributed by atoms with Crippen LogP contribution in [-0.2, 0) is 11.0 Å². The van der Waals surface area contributed by atoms with Crippen LogP contribution in [0.4, 0.5) is 17.6 Å². The fourth-order valence-electron chi connectivity index (χ4n) is 2.20. The summed E-state index contributed by atoms with van der Waals surface area (Å²) in [5.74, 6) is -3.75. The molecule has 2 rings (SSSR count). The number of carboxylic acid groups (broad SMARTS) is 1. The number of aliphatic carboxylic acids is 1. The average molecular weight is 312 g/mol. The molecular formula is C16H12F4O2. The molecular weight excluding hydrogens is 300 g/mol. The molecule has 0 aliphatic heterocycles. The van der Waals surface area contributed by atoms with Crippen molar-refractivity contribution in [3.8, 4) is 11.1 Å². The van der Waals surface area contributed by atoms with E-state index in [2.05, 4.69) is 0 Å². The van der Waals surface area contributed by atoms with Gasteiger partial charge in [-0.15, -0.1) is 0 Å². The van der Waals surface area contributed by atoms with Gasteiger partial charge in [-0.2, -0.15) is 13.2 Å². The fourth-order valence-corrected chi connectivity index (χ4v) is 2.20. The second-order valence-corrected chi connectivity index (χ2v) is 4.84. The molecule has 116 valence electrons. The summed E-state index contributed by atoms with van der Waals surface area (Å²) in [6.45, 7) is 1.24. The first kappa shape index (κ1) is 16.0. The zero-order valence-electron chi connectivity index (χ0n) is 11.5. The highest BCUT2D eigenvalue weighted by atomic mass is 19.4. The summed E-state index contributed by atoms with van der Waals surface area (Å²) >= 11 is 0. The van der Waals surface area contributed by atoms with Crippen LogP contribution in [0.15, 0.2) is 42.5 Å². The molecule has 2 aromatic carbocycles. The molecule has 1 unspecified atom stereocenters. The van der Waals surface area contributed by atoms with Crippen LogP contribution in [0.1, 0.15) is 24.0 Å². The number of hydrogen-bond acceptors (Lipinski definition) is 1. The van der Waals surface area contributed by atoms with Crippen molar-refractivity contribution in [3.05, 3.63) is 59.4 Å². The standard InChI is InChI=1S/C16H12F4O2/c1-9(15(21)22)14-12(10-5-3-2-4-6-10)7-11(8-13(14)17)16(18,19)20/h2-9H,1H3,(H,21,22). The molecule has 6 heteroatoms. The van der Waals surface area contributed by atoms with Gasteiger partial charge in [0.1, 0.15) is 5.82 Å². The summed E-state index contributed by atoms with van der Waals surface area (Å²) in [6, 6.07) is 8.97. The number of carbonyl (C=O) groups is 1. The van der Waals surface area contributed by atoms with E-state index in [1.807, 2.05) is 0 Å². The van der Waals surface area contributed by atoms with Gasteiger partial charge in [0.15, 0.2) is 0 Å². The maximum absolute atomic E-state index is 14.2. The van der Waals surface area contributed by atoms with Crippen molar-refractivity contribution in [2.75, 3.05) is 0 Å². The topological polar surface area (TPSA) is 37.3 Å². The Bertz CT molecular complexity index is 693. The van der Waals surface area contributed by atoms with Crippen LogP contribution in [0.3, 0.4) is 0 Å². The van der Waals surface area contributed by atoms with Crippen molar-refractivity contribution in [3.63, 3.8) is 0 Å². The Hall–Kier alpha value is -2.37. The highest BCUT2D eigenvalue weighted by molar-refractivity contribution is 5.81. The monoisotopic (exact) mass is 312 g/mol. The number of halogens is 4. The van der Waals surface area contributed by atoms with Gasteiger partial charge in [-0.1, -0.05) is 30.3 Å². The number of hydrogen-bond donors (Lipinski definition) is 1. The van der Waals surface area contributed by atoms with Crippen LogP contribution in [-0.4, -0.2) is 11.1 Å². The molecule has 22 heavy (non-hydrogen) atoms. The van der Waals surface area contributed by atoms with Crippen LogP contribution >= 0.6 is 0 Å². The largest absolute Gasteiger partial charge is 0.481 e. The predicted molar refractivity (Wildman–Crippen MR) is 72.9 cm³/mol. The Labute approximate surface area is 124 Å². The normalized spacial score (nSPS) is 13.0. The number of rotatable bonds is 3. The smallest absolute Gasteiger partial charge is 0.416 e. The lowest BCUT2D eigenvalue weighted by Gasteiger charge is -2.17. The van der Waals surface area contributed by atoms with E-state index >= 15 is 0 Å². The number of benzene rings is 2. The molecule has 0 fully saturated rings. The van der Waals surface area contributed by atoms with E-state index < -0.39 is 29.4 Å². The molecule has 2 nitrogen and oxygen atoms in total. The summed E-state index contributed by atoms with van der Waals surface area (Å²) < 4.78 is 52.8. The molecule has 2 aromatic rings. The van der Waals surface area contributed by atoms with Crippen molar-refractivity contribution in [1.82, 2.24) is 0 Å². The first-order valence-corrected chi connectivity index (χ1v) is 6.40. The molecule has 0 aliphatic carbocycles. The van der Waals surface area contributed by atoms with Gasteiger partial charge in [-0.25, -0.2) is 4.39 Å². The van der Waals surface area contributed by atoms with Crippen molar-refractivity contribution < 1.29 is 27.5 Å². The maximum Gasteiger partial charge on any atom is 0.416 e. The SMILES string of the molecule is CC(C(=O)O)c1c(F)cc(C(F)(F)F)cc1-c1ccccc1. The van der Waals surface area contributed by atoms with E-state index in [9.17, 15) is 22.4 Å². The molecule has 0 saturated carbocycles.